The van der Waals surface area contributed by atoms with Crippen molar-refractivity contribution in [1.82, 2.24) is 4.90 Å². The first-order valence-corrected chi connectivity index (χ1v) is 4.93. The minimum Gasteiger partial charge on any atom is -0.341 e. The van der Waals surface area contributed by atoms with Gasteiger partial charge in [-0.2, -0.15) is 0 Å². The summed E-state index contributed by atoms with van der Waals surface area (Å²) in [6.07, 6.45) is 1.12. The van der Waals surface area contributed by atoms with Crippen molar-refractivity contribution in [1.29, 1.82) is 0 Å². The highest BCUT2D eigenvalue weighted by Crippen LogP contribution is 2.33. The van der Waals surface area contributed by atoms with Crippen LogP contribution < -0.4 is 5.73 Å². The number of nitrogens with zero attached hydrogens (tertiary/aromatic N) is 1. The van der Waals surface area contributed by atoms with E-state index in [4.69, 9.17) is 5.73 Å². The summed E-state index contributed by atoms with van der Waals surface area (Å²) in [5.74, 6) is 0.717. The molecule has 0 aromatic carbocycles. The molecule has 1 fully saturated rings. The highest BCUT2D eigenvalue weighted by atomic mass is 16.2. The van der Waals surface area contributed by atoms with E-state index in [9.17, 15) is 4.79 Å². The molecule has 0 spiro atoms. The second-order valence-electron chi connectivity index (χ2n) is 4.90. The van der Waals surface area contributed by atoms with E-state index in [1.165, 1.54) is 0 Å². The molecule has 1 rings (SSSR count). The van der Waals surface area contributed by atoms with Gasteiger partial charge in [-0.3, -0.25) is 4.79 Å². The Morgan fingerprint density at radius 3 is 2.54 bits per heavy atom. The molecular formula is C10H20N2O. The summed E-state index contributed by atoms with van der Waals surface area (Å²) in [6.45, 7) is 8.62. The summed E-state index contributed by atoms with van der Waals surface area (Å²) in [5, 5.41) is 0. The van der Waals surface area contributed by atoms with E-state index in [-0.39, 0.29) is 12.5 Å². The Hall–Kier alpha value is -0.570. The predicted octanol–water partition coefficient (Wildman–Crippen LogP) is 0.840. The second-order valence-corrected chi connectivity index (χ2v) is 4.90. The highest BCUT2D eigenvalue weighted by Gasteiger charge is 2.33. The van der Waals surface area contributed by atoms with Crippen molar-refractivity contribution in [2.75, 3.05) is 19.6 Å². The molecule has 0 aromatic rings. The largest absolute Gasteiger partial charge is 0.341 e. The molecule has 1 aliphatic rings. The van der Waals surface area contributed by atoms with Crippen molar-refractivity contribution in [3.05, 3.63) is 0 Å². The Balaban J connectivity index is 2.50. The Morgan fingerprint density at radius 1 is 1.54 bits per heavy atom. The number of hydrogen-bond donors (Lipinski definition) is 1. The summed E-state index contributed by atoms with van der Waals surface area (Å²) in [4.78, 5) is 13.2. The molecule has 13 heavy (non-hydrogen) atoms. The number of hydrogen-bond acceptors (Lipinski definition) is 2. The molecule has 1 saturated heterocycles. The summed E-state index contributed by atoms with van der Waals surface area (Å²) >= 11 is 0. The van der Waals surface area contributed by atoms with Crippen LogP contribution in [0.2, 0.25) is 0 Å². The second kappa shape index (κ2) is 3.66. The topological polar surface area (TPSA) is 46.3 Å². The van der Waals surface area contributed by atoms with Crippen molar-refractivity contribution in [3.63, 3.8) is 0 Å². The van der Waals surface area contributed by atoms with E-state index in [0.717, 1.165) is 19.5 Å². The summed E-state index contributed by atoms with van der Waals surface area (Å²) < 4.78 is 0. The van der Waals surface area contributed by atoms with Gasteiger partial charge in [0.1, 0.15) is 0 Å². The summed E-state index contributed by atoms with van der Waals surface area (Å²) in [6, 6.07) is 0. The van der Waals surface area contributed by atoms with Crippen LogP contribution in [0.4, 0.5) is 0 Å². The summed E-state index contributed by atoms with van der Waals surface area (Å²) in [7, 11) is 0. The van der Waals surface area contributed by atoms with Crippen LogP contribution in [0.3, 0.4) is 0 Å². The van der Waals surface area contributed by atoms with Crippen LogP contribution >= 0.6 is 0 Å². The minimum atomic E-state index is 0.0896. The Labute approximate surface area is 80.3 Å². The third kappa shape index (κ3) is 2.44. The van der Waals surface area contributed by atoms with Gasteiger partial charge in [0.2, 0.25) is 5.91 Å². The molecule has 0 aliphatic carbocycles. The number of rotatable bonds is 1. The molecule has 2 N–H and O–H groups in total. The predicted molar refractivity (Wildman–Crippen MR) is 53.2 cm³/mol. The molecule has 3 nitrogen and oxygen atoms in total. The van der Waals surface area contributed by atoms with Gasteiger partial charge in [0, 0.05) is 13.1 Å². The maximum Gasteiger partial charge on any atom is 0.236 e. The third-order valence-electron chi connectivity index (χ3n) is 2.94. The first kappa shape index (κ1) is 10.5. The van der Waals surface area contributed by atoms with Crippen LogP contribution in [0.25, 0.3) is 0 Å². The lowest BCUT2D eigenvalue weighted by molar-refractivity contribution is -0.128. The van der Waals surface area contributed by atoms with Crippen molar-refractivity contribution in [3.8, 4) is 0 Å². The van der Waals surface area contributed by atoms with Gasteiger partial charge in [0.25, 0.3) is 0 Å². The zero-order chi connectivity index (χ0) is 10.1. The number of amides is 1. The average Bonchev–Trinajstić information content (AvgIpc) is 2.50. The van der Waals surface area contributed by atoms with E-state index in [1.807, 2.05) is 4.90 Å². The number of likely N-dealkylation sites (tertiary alicyclic amines) is 1. The molecule has 76 valence electrons. The molecule has 1 amide bonds. The quantitative estimate of drug-likeness (QED) is 0.656. The molecular weight excluding hydrogens is 164 g/mol. The number of carbonyl (C=O) groups is 1. The average molecular weight is 184 g/mol. The van der Waals surface area contributed by atoms with Crippen LogP contribution in [0, 0.1) is 11.3 Å². The summed E-state index contributed by atoms with van der Waals surface area (Å²) in [5.41, 5.74) is 5.62. The van der Waals surface area contributed by atoms with E-state index in [2.05, 4.69) is 20.8 Å². The van der Waals surface area contributed by atoms with Crippen molar-refractivity contribution in [2.45, 2.75) is 27.2 Å². The molecule has 1 heterocycles. The van der Waals surface area contributed by atoms with Gasteiger partial charge in [0.15, 0.2) is 0 Å². The molecule has 0 aromatic heterocycles. The lowest BCUT2D eigenvalue weighted by atomic mass is 9.80. The lowest BCUT2D eigenvalue weighted by Gasteiger charge is -2.26. The van der Waals surface area contributed by atoms with Gasteiger partial charge in [-0.15, -0.1) is 0 Å². The molecule has 0 saturated carbocycles. The Kier molecular flexibility index (Phi) is 2.96. The van der Waals surface area contributed by atoms with Crippen LogP contribution in [0.5, 0.6) is 0 Å². The lowest BCUT2D eigenvalue weighted by Crippen LogP contribution is -2.35. The highest BCUT2D eigenvalue weighted by molar-refractivity contribution is 5.78. The van der Waals surface area contributed by atoms with Gasteiger partial charge >= 0.3 is 0 Å². The van der Waals surface area contributed by atoms with E-state index in [1.54, 1.807) is 0 Å². The van der Waals surface area contributed by atoms with Gasteiger partial charge in [-0.1, -0.05) is 20.8 Å². The van der Waals surface area contributed by atoms with E-state index in [0.29, 0.717) is 11.3 Å². The molecule has 0 radical (unpaired) electrons. The van der Waals surface area contributed by atoms with Gasteiger partial charge < -0.3 is 10.6 Å². The molecule has 1 atom stereocenters. The SMILES string of the molecule is CC(C)(C)C1CCN(C(=O)CN)C1. The van der Waals surface area contributed by atoms with Gasteiger partial charge in [0.05, 0.1) is 6.54 Å². The van der Waals surface area contributed by atoms with E-state index < -0.39 is 0 Å². The van der Waals surface area contributed by atoms with Crippen LogP contribution in [-0.4, -0.2) is 30.4 Å². The van der Waals surface area contributed by atoms with Crippen LogP contribution in [-0.2, 0) is 4.79 Å². The van der Waals surface area contributed by atoms with Gasteiger partial charge in [-0.25, -0.2) is 0 Å². The maximum absolute atomic E-state index is 11.3. The van der Waals surface area contributed by atoms with Gasteiger partial charge in [-0.05, 0) is 17.8 Å². The van der Waals surface area contributed by atoms with Crippen molar-refractivity contribution < 1.29 is 4.79 Å². The third-order valence-corrected chi connectivity index (χ3v) is 2.94. The smallest absolute Gasteiger partial charge is 0.236 e. The minimum absolute atomic E-state index is 0.0896. The Bertz CT molecular complexity index is 196. The van der Waals surface area contributed by atoms with Crippen molar-refractivity contribution >= 4 is 5.91 Å². The first-order chi connectivity index (χ1) is 5.95. The van der Waals surface area contributed by atoms with Crippen LogP contribution in [0.1, 0.15) is 27.2 Å². The zero-order valence-corrected chi connectivity index (χ0v) is 8.84. The normalized spacial score (nSPS) is 23.7. The fraction of sp³-hybridized carbons (Fsp3) is 0.900. The molecule has 3 heteroatoms. The fourth-order valence-corrected chi connectivity index (χ4v) is 1.82. The van der Waals surface area contributed by atoms with E-state index >= 15 is 0 Å². The number of carbonyl (C=O) groups excluding carboxylic acids is 1. The molecule has 1 aliphatic heterocycles. The maximum atomic E-state index is 11.3. The first-order valence-electron chi connectivity index (χ1n) is 4.93. The fourth-order valence-electron chi connectivity index (χ4n) is 1.82. The molecule has 1 unspecified atom stereocenters. The zero-order valence-electron chi connectivity index (χ0n) is 8.84. The van der Waals surface area contributed by atoms with Crippen molar-refractivity contribution in [2.24, 2.45) is 17.1 Å². The number of nitrogens with two attached hydrogens (primary N) is 1. The Morgan fingerprint density at radius 2 is 2.15 bits per heavy atom. The monoisotopic (exact) mass is 184 g/mol. The van der Waals surface area contributed by atoms with Crippen LogP contribution in [0.15, 0.2) is 0 Å². The molecule has 0 bridgehead atoms. The standard InChI is InChI=1S/C10H20N2O/c1-10(2,3)8-4-5-12(7-8)9(13)6-11/h8H,4-7,11H2,1-3H3.